The molecule has 5 nitrogen and oxygen atoms in total. The molecule has 0 radical (unpaired) electrons. The Balaban J connectivity index is 2.52. The molecule has 15 heavy (non-hydrogen) atoms. The summed E-state index contributed by atoms with van der Waals surface area (Å²) in [6, 6.07) is -0.450. The van der Waals surface area contributed by atoms with Crippen LogP contribution in [0.15, 0.2) is 0 Å². The summed E-state index contributed by atoms with van der Waals surface area (Å²) >= 11 is 0. The normalized spacial score (nSPS) is 19.7. The van der Waals surface area contributed by atoms with Gasteiger partial charge in [0, 0.05) is 33.1 Å². The SMILES string of the molecule is CC(=O)N1CCCN(C(=O)C(C)N)CC1. The third-order valence-corrected chi connectivity index (χ3v) is 2.64. The van der Waals surface area contributed by atoms with Crippen molar-refractivity contribution in [2.24, 2.45) is 5.73 Å². The molecular weight excluding hydrogens is 194 g/mol. The summed E-state index contributed by atoms with van der Waals surface area (Å²) in [4.78, 5) is 26.3. The van der Waals surface area contributed by atoms with Crippen molar-refractivity contribution in [1.82, 2.24) is 9.80 Å². The molecule has 0 aromatic rings. The summed E-state index contributed by atoms with van der Waals surface area (Å²) in [5.41, 5.74) is 5.54. The second-order valence-corrected chi connectivity index (χ2v) is 3.97. The smallest absolute Gasteiger partial charge is 0.239 e. The van der Waals surface area contributed by atoms with Crippen molar-refractivity contribution in [1.29, 1.82) is 0 Å². The van der Waals surface area contributed by atoms with Gasteiger partial charge in [-0.1, -0.05) is 0 Å². The van der Waals surface area contributed by atoms with E-state index in [0.717, 1.165) is 13.0 Å². The van der Waals surface area contributed by atoms with E-state index in [1.54, 1.807) is 23.6 Å². The molecule has 0 aromatic carbocycles. The Morgan fingerprint density at radius 2 is 1.67 bits per heavy atom. The minimum atomic E-state index is -0.450. The molecule has 1 saturated heterocycles. The fourth-order valence-corrected chi connectivity index (χ4v) is 1.74. The summed E-state index contributed by atoms with van der Waals surface area (Å²) in [6.45, 7) is 5.90. The predicted molar refractivity (Wildman–Crippen MR) is 57.1 cm³/mol. The number of nitrogens with zero attached hydrogens (tertiary/aromatic N) is 2. The third kappa shape index (κ3) is 3.20. The summed E-state index contributed by atoms with van der Waals surface area (Å²) in [5, 5.41) is 0. The van der Waals surface area contributed by atoms with Crippen LogP contribution in [0, 0.1) is 0 Å². The summed E-state index contributed by atoms with van der Waals surface area (Å²) in [6.07, 6.45) is 0.831. The van der Waals surface area contributed by atoms with Crippen LogP contribution in [0.25, 0.3) is 0 Å². The molecule has 0 bridgehead atoms. The molecule has 0 spiro atoms. The number of nitrogens with two attached hydrogens (primary N) is 1. The van der Waals surface area contributed by atoms with Gasteiger partial charge in [-0.25, -0.2) is 0 Å². The van der Waals surface area contributed by atoms with Gasteiger partial charge in [-0.15, -0.1) is 0 Å². The average Bonchev–Trinajstić information content (AvgIpc) is 2.41. The molecule has 2 amide bonds. The predicted octanol–water partition coefficient (Wildman–Crippen LogP) is -0.586. The maximum Gasteiger partial charge on any atom is 0.239 e. The highest BCUT2D eigenvalue weighted by Gasteiger charge is 2.21. The molecule has 0 saturated carbocycles. The molecule has 1 aliphatic heterocycles. The molecule has 1 rings (SSSR count). The number of carbonyl (C=O) groups is 2. The van der Waals surface area contributed by atoms with Crippen molar-refractivity contribution in [2.45, 2.75) is 26.3 Å². The van der Waals surface area contributed by atoms with Crippen LogP contribution in [0.5, 0.6) is 0 Å². The minimum absolute atomic E-state index is 0.0274. The number of carbonyl (C=O) groups excluding carboxylic acids is 2. The lowest BCUT2D eigenvalue weighted by atomic mass is 10.3. The summed E-state index contributed by atoms with van der Waals surface area (Å²) in [5.74, 6) is 0.0468. The number of hydrogen-bond donors (Lipinski definition) is 1. The van der Waals surface area contributed by atoms with Gasteiger partial charge in [-0.2, -0.15) is 0 Å². The van der Waals surface area contributed by atoms with Crippen LogP contribution in [0.2, 0.25) is 0 Å². The van der Waals surface area contributed by atoms with Crippen molar-refractivity contribution in [3.05, 3.63) is 0 Å². The van der Waals surface area contributed by atoms with E-state index < -0.39 is 6.04 Å². The van der Waals surface area contributed by atoms with Crippen LogP contribution in [-0.2, 0) is 9.59 Å². The van der Waals surface area contributed by atoms with E-state index >= 15 is 0 Å². The molecule has 0 aromatic heterocycles. The van der Waals surface area contributed by atoms with Gasteiger partial charge in [0.25, 0.3) is 0 Å². The van der Waals surface area contributed by atoms with Crippen LogP contribution in [0.1, 0.15) is 20.3 Å². The molecule has 1 atom stereocenters. The van der Waals surface area contributed by atoms with Crippen molar-refractivity contribution >= 4 is 11.8 Å². The van der Waals surface area contributed by atoms with Crippen LogP contribution < -0.4 is 5.73 Å². The zero-order valence-electron chi connectivity index (χ0n) is 9.40. The maximum atomic E-state index is 11.6. The highest BCUT2D eigenvalue weighted by Crippen LogP contribution is 2.04. The summed E-state index contributed by atoms with van der Waals surface area (Å²) < 4.78 is 0. The highest BCUT2D eigenvalue weighted by atomic mass is 16.2. The third-order valence-electron chi connectivity index (χ3n) is 2.64. The standard InChI is InChI=1S/C10H19N3O2/c1-8(11)10(15)13-5-3-4-12(6-7-13)9(2)14/h8H,3-7,11H2,1-2H3. The molecule has 1 heterocycles. The fraction of sp³-hybridized carbons (Fsp3) is 0.800. The zero-order chi connectivity index (χ0) is 11.4. The lowest BCUT2D eigenvalue weighted by Gasteiger charge is -2.22. The van der Waals surface area contributed by atoms with Crippen LogP contribution >= 0.6 is 0 Å². The second-order valence-electron chi connectivity index (χ2n) is 3.97. The molecule has 0 aliphatic carbocycles. The van der Waals surface area contributed by atoms with Gasteiger partial charge in [0.2, 0.25) is 11.8 Å². The Kier molecular flexibility index (Phi) is 4.08. The molecule has 1 fully saturated rings. The first-order valence-corrected chi connectivity index (χ1v) is 5.32. The van der Waals surface area contributed by atoms with Crippen molar-refractivity contribution in [2.75, 3.05) is 26.2 Å². The highest BCUT2D eigenvalue weighted by molar-refractivity contribution is 5.81. The Labute approximate surface area is 90.2 Å². The van der Waals surface area contributed by atoms with E-state index in [4.69, 9.17) is 5.73 Å². The Morgan fingerprint density at radius 3 is 2.20 bits per heavy atom. The van der Waals surface area contributed by atoms with Gasteiger partial charge >= 0.3 is 0 Å². The zero-order valence-corrected chi connectivity index (χ0v) is 9.40. The average molecular weight is 213 g/mol. The molecule has 5 heteroatoms. The lowest BCUT2D eigenvalue weighted by Crippen LogP contribution is -2.44. The largest absolute Gasteiger partial charge is 0.341 e. The van der Waals surface area contributed by atoms with Gasteiger partial charge in [-0.3, -0.25) is 9.59 Å². The molecular formula is C10H19N3O2. The van der Waals surface area contributed by atoms with E-state index in [-0.39, 0.29) is 11.8 Å². The van der Waals surface area contributed by atoms with E-state index in [2.05, 4.69) is 0 Å². The Morgan fingerprint density at radius 1 is 1.13 bits per heavy atom. The molecule has 2 N–H and O–H groups in total. The minimum Gasteiger partial charge on any atom is -0.341 e. The van der Waals surface area contributed by atoms with Crippen molar-refractivity contribution in [3.8, 4) is 0 Å². The first kappa shape index (κ1) is 12.0. The van der Waals surface area contributed by atoms with Gasteiger partial charge in [0.05, 0.1) is 6.04 Å². The number of rotatable bonds is 1. The molecule has 86 valence electrons. The topological polar surface area (TPSA) is 66.6 Å². The first-order chi connectivity index (χ1) is 7.02. The van der Waals surface area contributed by atoms with Gasteiger partial charge in [0.1, 0.15) is 0 Å². The Hall–Kier alpha value is -1.10. The lowest BCUT2D eigenvalue weighted by molar-refractivity contribution is -0.133. The van der Waals surface area contributed by atoms with Crippen LogP contribution in [0.4, 0.5) is 0 Å². The fourth-order valence-electron chi connectivity index (χ4n) is 1.74. The van der Waals surface area contributed by atoms with Crippen molar-refractivity contribution < 1.29 is 9.59 Å². The van der Waals surface area contributed by atoms with E-state index in [1.807, 2.05) is 0 Å². The number of hydrogen-bond acceptors (Lipinski definition) is 3. The number of amides is 2. The maximum absolute atomic E-state index is 11.6. The van der Waals surface area contributed by atoms with Gasteiger partial charge in [-0.05, 0) is 13.3 Å². The van der Waals surface area contributed by atoms with E-state index in [1.165, 1.54) is 0 Å². The van der Waals surface area contributed by atoms with Crippen LogP contribution in [-0.4, -0.2) is 53.8 Å². The van der Waals surface area contributed by atoms with Crippen LogP contribution in [0.3, 0.4) is 0 Å². The van der Waals surface area contributed by atoms with Gasteiger partial charge in [0.15, 0.2) is 0 Å². The monoisotopic (exact) mass is 213 g/mol. The quantitative estimate of drug-likeness (QED) is 0.633. The summed E-state index contributed by atoms with van der Waals surface area (Å²) in [7, 11) is 0. The second kappa shape index (κ2) is 5.11. The molecule has 1 unspecified atom stereocenters. The van der Waals surface area contributed by atoms with E-state index in [0.29, 0.717) is 19.6 Å². The first-order valence-electron chi connectivity index (χ1n) is 5.32. The van der Waals surface area contributed by atoms with E-state index in [9.17, 15) is 9.59 Å². The van der Waals surface area contributed by atoms with Crippen molar-refractivity contribution in [3.63, 3.8) is 0 Å². The van der Waals surface area contributed by atoms with Gasteiger partial charge < -0.3 is 15.5 Å². The molecule has 1 aliphatic rings. The Bertz CT molecular complexity index is 253.